The van der Waals surface area contributed by atoms with Crippen molar-refractivity contribution >= 4 is 6.03 Å². The van der Waals surface area contributed by atoms with Crippen molar-refractivity contribution in [1.82, 2.24) is 10.2 Å². The van der Waals surface area contributed by atoms with Gasteiger partial charge in [0.05, 0.1) is 24.3 Å². The molecule has 19 heavy (non-hydrogen) atoms. The minimum Gasteiger partial charge on any atom is -0.394 e. The van der Waals surface area contributed by atoms with Crippen LogP contribution in [0, 0.1) is 17.1 Å². The van der Waals surface area contributed by atoms with E-state index in [-0.39, 0.29) is 24.8 Å². The predicted octanol–water partition coefficient (Wildman–Crippen LogP) is 1.22. The third-order valence-electron chi connectivity index (χ3n) is 2.86. The van der Waals surface area contributed by atoms with Crippen molar-refractivity contribution in [3.63, 3.8) is 0 Å². The molecule has 2 N–H and O–H groups in total. The van der Waals surface area contributed by atoms with Gasteiger partial charge < -0.3 is 15.3 Å². The van der Waals surface area contributed by atoms with Crippen LogP contribution in [0.5, 0.6) is 0 Å². The summed E-state index contributed by atoms with van der Waals surface area (Å²) >= 11 is 0. The summed E-state index contributed by atoms with van der Waals surface area (Å²) in [6, 6.07) is 5.20. The van der Waals surface area contributed by atoms with E-state index in [1.54, 1.807) is 14.0 Å². The fraction of sp³-hybridized carbons (Fsp3) is 0.385. The van der Waals surface area contributed by atoms with Crippen LogP contribution in [-0.2, 0) is 6.54 Å². The van der Waals surface area contributed by atoms with Gasteiger partial charge in [0, 0.05) is 19.2 Å². The lowest BCUT2D eigenvalue weighted by molar-refractivity contribution is 0.157. The number of nitrogens with zero attached hydrogens (tertiary/aromatic N) is 2. The fourth-order valence-electron chi connectivity index (χ4n) is 1.38. The average Bonchev–Trinajstić information content (AvgIpc) is 2.43. The molecular weight excluding hydrogens is 249 g/mol. The second-order valence-electron chi connectivity index (χ2n) is 4.22. The van der Waals surface area contributed by atoms with Crippen molar-refractivity contribution in [2.75, 3.05) is 13.7 Å². The Morgan fingerprint density at radius 3 is 2.84 bits per heavy atom. The van der Waals surface area contributed by atoms with Gasteiger partial charge in [-0.25, -0.2) is 9.18 Å². The van der Waals surface area contributed by atoms with E-state index in [0.29, 0.717) is 5.56 Å². The van der Waals surface area contributed by atoms with Gasteiger partial charge in [0.25, 0.3) is 0 Å². The second kappa shape index (κ2) is 6.71. The molecule has 2 amide bonds. The van der Waals surface area contributed by atoms with E-state index in [2.05, 4.69) is 5.32 Å². The van der Waals surface area contributed by atoms with E-state index in [1.807, 2.05) is 6.07 Å². The summed E-state index contributed by atoms with van der Waals surface area (Å²) in [5, 5.41) is 20.1. The normalized spacial score (nSPS) is 11.5. The highest BCUT2D eigenvalue weighted by Crippen LogP contribution is 2.09. The van der Waals surface area contributed by atoms with Crippen molar-refractivity contribution in [2.45, 2.75) is 19.5 Å². The average molecular weight is 265 g/mol. The summed E-state index contributed by atoms with van der Waals surface area (Å²) in [6.45, 7) is 1.58. The van der Waals surface area contributed by atoms with Crippen molar-refractivity contribution in [3.05, 3.63) is 35.1 Å². The first-order chi connectivity index (χ1) is 8.99. The number of nitrogens with one attached hydrogen (secondary N) is 1. The molecule has 0 spiro atoms. The van der Waals surface area contributed by atoms with Gasteiger partial charge in [0.1, 0.15) is 5.82 Å². The van der Waals surface area contributed by atoms with Gasteiger partial charge in [-0.3, -0.25) is 0 Å². The van der Waals surface area contributed by atoms with E-state index in [9.17, 15) is 9.18 Å². The molecule has 0 heterocycles. The molecule has 1 atom stereocenters. The minimum absolute atomic E-state index is 0.0267. The van der Waals surface area contributed by atoms with Gasteiger partial charge in [-0.15, -0.1) is 0 Å². The Bertz CT molecular complexity index is 499. The lowest BCUT2D eigenvalue weighted by atomic mass is 10.1. The fourth-order valence-corrected chi connectivity index (χ4v) is 1.38. The quantitative estimate of drug-likeness (QED) is 0.859. The number of rotatable bonds is 4. The summed E-state index contributed by atoms with van der Waals surface area (Å²) in [5.74, 6) is -0.530. The van der Waals surface area contributed by atoms with Crippen LogP contribution in [0.25, 0.3) is 0 Å². The molecule has 1 aromatic carbocycles. The molecule has 0 saturated heterocycles. The maximum Gasteiger partial charge on any atom is 0.317 e. The molecule has 6 heteroatoms. The van der Waals surface area contributed by atoms with E-state index in [4.69, 9.17) is 10.4 Å². The number of likely N-dealkylation sites (N-methyl/N-ethyl adjacent to an activating group) is 1. The number of aliphatic hydroxyl groups excluding tert-OH is 1. The molecule has 0 aliphatic carbocycles. The Balaban J connectivity index is 2.63. The first kappa shape index (κ1) is 14.9. The predicted molar refractivity (Wildman–Crippen MR) is 67.7 cm³/mol. The summed E-state index contributed by atoms with van der Waals surface area (Å²) in [7, 11) is 1.55. The van der Waals surface area contributed by atoms with Crippen LogP contribution in [0.3, 0.4) is 0 Å². The zero-order valence-electron chi connectivity index (χ0n) is 10.9. The molecule has 1 unspecified atom stereocenters. The van der Waals surface area contributed by atoms with Crippen LogP contribution in [0.4, 0.5) is 9.18 Å². The van der Waals surface area contributed by atoms with Gasteiger partial charge in [-0.1, -0.05) is 6.07 Å². The molecule has 102 valence electrons. The van der Waals surface area contributed by atoms with E-state index in [1.165, 1.54) is 17.0 Å². The molecule has 5 nitrogen and oxygen atoms in total. The topological polar surface area (TPSA) is 76.4 Å². The van der Waals surface area contributed by atoms with Gasteiger partial charge in [-0.2, -0.15) is 5.26 Å². The van der Waals surface area contributed by atoms with Crippen LogP contribution in [0.1, 0.15) is 18.1 Å². The third-order valence-corrected chi connectivity index (χ3v) is 2.86. The summed E-state index contributed by atoms with van der Waals surface area (Å²) in [6.07, 6.45) is 0. The lowest BCUT2D eigenvalue weighted by Crippen LogP contribution is -2.43. The maximum absolute atomic E-state index is 13.6. The number of urea groups is 1. The molecule has 1 rings (SSSR count). The highest BCUT2D eigenvalue weighted by atomic mass is 19.1. The number of halogens is 1. The summed E-state index contributed by atoms with van der Waals surface area (Å²) < 4.78 is 13.6. The Hall–Kier alpha value is -2.13. The molecule has 0 fully saturated rings. The Labute approximate surface area is 111 Å². The van der Waals surface area contributed by atoms with Crippen LogP contribution in [-0.4, -0.2) is 35.7 Å². The molecule has 0 bridgehead atoms. The number of hydrogen-bond donors (Lipinski definition) is 2. The number of benzene rings is 1. The molecule has 0 aromatic heterocycles. The Morgan fingerprint density at radius 2 is 2.32 bits per heavy atom. The van der Waals surface area contributed by atoms with Crippen LogP contribution < -0.4 is 5.32 Å². The van der Waals surface area contributed by atoms with E-state index in [0.717, 1.165) is 6.07 Å². The molecular formula is C13H16FN3O2. The molecule has 1 aromatic rings. The monoisotopic (exact) mass is 265 g/mol. The summed E-state index contributed by atoms with van der Waals surface area (Å²) in [5.41, 5.74) is 0.538. The number of nitriles is 1. The van der Waals surface area contributed by atoms with Gasteiger partial charge in [0.2, 0.25) is 0 Å². The molecule has 0 radical (unpaired) electrons. The number of aliphatic hydroxyl groups is 1. The zero-order chi connectivity index (χ0) is 14.4. The minimum atomic E-state index is -0.530. The second-order valence-corrected chi connectivity index (χ2v) is 4.22. The largest absolute Gasteiger partial charge is 0.394 e. The number of hydrogen-bond acceptors (Lipinski definition) is 3. The maximum atomic E-state index is 13.6. The van der Waals surface area contributed by atoms with Gasteiger partial charge >= 0.3 is 6.03 Å². The number of carbonyl (C=O) groups is 1. The standard InChI is InChI=1S/C13H16FN3O2/c1-9(8-18)17(2)13(19)16-7-11-4-3-10(6-15)5-12(11)14/h3-5,9,18H,7-8H2,1-2H3,(H,16,19). The van der Waals surface area contributed by atoms with Crippen molar-refractivity contribution in [3.8, 4) is 6.07 Å². The smallest absolute Gasteiger partial charge is 0.317 e. The van der Waals surface area contributed by atoms with Crippen LogP contribution >= 0.6 is 0 Å². The Kier molecular flexibility index (Phi) is 5.27. The lowest BCUT2D eigenvalue weighted by Gasteiger charge is -2.23. The van der Waals surface area contributed by atoms with Gasteiger partial charge in [-0.05, 0) is 19.1 Å². The van der Waals surface area contributed by atoms with Crippen LogP contribution in [0.2, 0.25) is 0 Å². The Morgan fingerprint density at radius 1 is 1.63 bits per heavy atom. The number of amides is 2. The SMILES string of the molecule is CC(CO)N(C)C(=O)NCc1ccc(C#N)cc1F. The van der Waals surface area contributed by atoms with Crippen molar-refractivity contribution < 1.29 is 14.3 Å². The van der Waals surface area contributed by atoms with Crippen molar-refractivity contribution in [1.29, 1.82) is 5.26 Å². The van der Waals surface area contributed by atoms with E-state index >= 15 is 0 Å². The number of carbonyl (C=O) groups excluding carboxylic acids is 1. The molecule has 0 aliphatic heterocycles. The highest BCUT2D eigenvalue weighted by molar-refractivity contribution is 5.74. The first-order valence-electron chi connectivity index (χ1n) is 5.79. The first-order valence-corrected chi connectivity index (χ1v) is 5.79. The summed E-state index contributed by atoms with van der Waals surface area (Å²) in [4.78, 5) is 13.0. The zero-order valence-corrected chi connectivity index (χ0v) is 10.9. The third kappa shape index (κ3) is 3.93. The van der Waals surface area contributed by atoms with Crippen molar-refractivity contribution in [2.24, 2.45) is 0 Å². The van der Waals surface area contributed by atoms with Gasteiger partial charge in [0.15, 0.2) is 0 Å². The highest BCUT2D eigenvalue weighted by Gasteiger charge is 2.14. The van der Waals surface area contributed by atoms with Crippen LogP contribution in [0.15, 0.2) is 18.2 Å². The van der Waals surface area contributed by atoms with E-state index < -0.39 is 11.8 Å². The molecule has 0 aliphatic rings. The molecule has 0 saturated carbocycles.